The summed E-state index contributed by atoms with van der Waals surface area (Å²) in [6.07, 6.45) is 0. The van der Waals surface area contributed by atoms with E-state index < -0.39 is 31.7 Å². The Hall–Kier alpha value is 0.260. The van der Waals surface area contributed by atoms with E-state index in [1.165, 1.54) is 25.8 Å². The van der Waals surface area contributed by atoms with Crippen LogP contribution in [0.25, 0.3) is 0 Å². The first-order valence-corrected chi connectivity index (χ1v) is 11.5. The molecular weight excluding hydrogens is 352 g/mol. The minimum atomic E-state index is -5.19. The van der Waals surface area contributed by atoms with Crippen molar-refractivity contribution in [3.8, 4) is 0 Å². The summed E-state index contributed by atoms with van der Waals surface area (Å²) in [4.78, 5) is 41.7. The molecule has 0 heterocycles. The highest BCUT2D eigenvalue weighted by Crippen LogP contribution is 2.74. The molecule has 0 rings (SSSR count). The Bertz CT molecular complexity index is 476. The molecule has 0 aliphatic carbocycles. The van der Waals surface area contributed by atoms with Crippen LogP contribution in [0.15, 0.2) is 0 Å². The quantitative estimate of drug-likeness (QED) is 0.472. The molecule has 0 atom stereocenters. The van der Waals surface area contributed by atoms with Gasteiger partial charge in [-0.1, -0.05) is 55.4 Å². The van der Waals surface area contributed by atoms with E-state index in [9.17, 15) is 28.7 Å². The summed E-state index contributed by atoms with van der Waals surface area (Å²) < 4.78 is 24.9. The molecular formula is C15H35NO6P2. The predicted octanol–water partition coefficient (Wildman–Crippen LogP) is 3.29. The van der Waals surface area contributed by atoms with Gasteiger partial charge in [-0.05, 0) is 30.7 Å². The smallest absolute Gasteiger partial charge is 0.323 e. The molecule has 0 fully saturated rings. The lowest BCUT2D eigenvalue weighted by Gasteiger charge is -2.59. The van der Waals surface area contributed by atoms with Crippen molar-refractivity contribution in [3.05, 3.63) is 0 Å². The monoisotopic (exact) mass is 387 g/mol. The van der Waals surface area contributed by atoms with Gasteiger partial charge in [-0.3, -0.25) is 14.0 Å². The maximum absolute atomic E-state index is 12.5. The van der Waals surface area contributed by atoms with E-state index in [0.717, 1.165) is 0 Å². The lowest BCUT2D eigenvalue weighted by molar-refractivity contribution is -0.0589. The van der Waals surface area contributed by atoms with Crippen molar-refractivity contribution in [1.82, 2.24) is 4.90 Å². The highest BCUT2D eigenvalue weighted by Gasteiger charge is 2.69. The molecule has 0 aliphatic rings. The van der Waals surface area contributed by atoms with Gasteiger partial charge in [0.25, 0.3) is 0 Å². The molecule has 0 saturated carbocycles. The van der Waals surface area contributed by atoms with Gasteiger partial charge in [-0.25, -0.2) is 0 Å². The Morgan fingerprint density at radius 3 is 1.04 bits per heavy atom. The SMILES string of the molecule is CC(C)C(C(C)C)(C(C)C)N(C)C(C(C)C)(P(=O)(O)O)P(=O)(O)O. The molecule has 24 heavy (non-hydrogen) atoms. The van der Waals surface area contributed by atoms with Crippen molar-refractivity contribution in [3.63, 3.8) is 0 Å². The van der Waals surface area contributed by atoms with Crippen molar-refractivity contribution in [2.45, 2.75) is 65.9 Å². The first kappa shape index (κ1) is 24.3. The van der Waals surface area contributed by atoms with E-state index in [1.807, 2.05) is 41.5 Å². The Balaban J connectivity index is 7.07. The van der Waals surface area contributed by atoms with Crippen molar-refractivity contribution in [1.29, 1.82) is 0 Å². The average Bonchev–Trinajstić information content (AvgIpc) is 2.22. The van der Waals surface area contributed by atoms with Crippen LogP contribution in [0.5, 0.6) is 0 Å². The maximum atomic E-state index is 12.5. The van der Waals surface area contributed by atoms with Crippen LogP contribution in [-0.2, 0) is 9.13 Å². The predicted molar refractivity (Wildman–Crippen MR) is 96.7 cm³/mol. The second kappa shape index (κ2) is 7.48. The second-order valence-corrected chi connectivity index (χ2v) is 11.7. The normalized spacial score (nSPS) is 15.4. The van der Waals surface area contributed by atoms with Gasteiger partial charge in [0.2, 0.25) is 5.02 Å². The van der Waals surface area contributed by atoms with Gasteiger partial charge in [0.15, 0.2) is 0 Å². The molecule has 0 unspecified atom stereocenters. The van der Waals surface area contributed by atoms with E-state index in [1.54, 1.807) is 0 Å². The molecule has 146 valence electrons. The van der Waals surface area contributed by atoms with Crippen LogP contribution in [0.4, 0.5) is 0 Å². The van der Waals surface area contributed by atoms with E-state index >= 15 is 0 Å². The third-order valence-corrected chi connectivity index (χ3v) is 10.4. The molecule has 0 aliphatic heterocycles. The number of nitrogens with zero attached hydrogens (tertiary/aromatic N) is 1. The van der Waals surface area contributed by atoms with Crippen LogP contribution in [0.3, 0.4) is 0 Å². The zero-order valence-electron chi connectivity index (χ0n) is 16.3. The van der Waals surface area contributed by atoms with E-state index in [-0.39, 0.29) is 17.8 Å². The van der Waals surface area contributed by atoms with Gasteiger partial charge in [0.1, 0.15) is 0 Å². The van der Waals surface area contributed by atoms with Crippen LogP contribution in [-0.4, -0.2) is 42.1 Å². The van der Waals surface area contributed by atoms with Crippen molar-refractivity contribution >= 4 is 15.2 Å². The van der Waals surface area contributed by atoms with Crippen LogP contribution in [0, 0.1) is 23.7 Å². The summed E-state index contributed by atoms with van der Waals surface area (Å²) in [6.45, 7) is 14.4. The zero-order chi connectivity index (χ0) is 19.9. The fourth-order valence-corrected chi connectivity index (χ4v) is 8.90. The summed E-state index contributed by atoms with van der Waals surface area (Å²) in [5.74, 6) is -1.21. The molecule has 0 radical (unpaired) electrons. The molecule has 0 bridgehead atoms. The summed E-state index contributed by atoms with van der Waals surface area (Å²) >= 11 is 0. The fraction of sp³-hybridized carbons (Fsp3) is 1.00. The van der Waals surface area contributed by atoms with Gasteiger partial charge in [-0.15, -0.1) is 0 Å². The lowest BCUT2D eigenvalue weighted by atomic mass is 9.68. The number of rotatable bonds is 8. The Morgan fingerprint density at radius 2 is 0.917 bits per heavy atom. The van der Waals surface area contributed by atoms with E-state index in [0.29, 0.717) is 0 Å². The number of hydrogen-bond acceptors (Lipinski definition) is 3. The van der Waals surface area contributed by atoms with Gasteiger partial charge in [-0.2, -0.15) is 0 Å². The Labute approximate surface area is 146 Å². The van der Waals surface area contributed by atoms with Gasteiger partial charge in [0, 0.05) is 5.54 Å². The third kappa shape index (κ3) is 3.42. The fourth-order valence-electron chi connectivity index (χ4n) is 5.07. The summed E-state index contributed by atoms with van der Waals surface area (Å²) in [5.41, 5.74) is -0.813. The minimum absolute atomic E-state index is 0.0845. The zero-order valence-corrected chi connectivity index (χ0v) is 18.0. The van der Waals surface area contributed by atoms with Crippen LogP contribution < -0.4 is 0 Å². The van der Waals surface area contributed by atoms with Crippen LogP contribution in [0.1, 0.15) is 55.4 Å². The molecule has 4 N–H and O–H groups in total. The van der Waals surface area contributed by atoms with E-state index in [4.69, 9.17) is 0 Å². The topological polar surface area (TPSA) is 118 Å². The first-order chi connectivity index (χ1) is 10.4. The average molecular weight is 387 g/mol. The van der Waals surface area contributed by atoms with Crippen molar-refractivity contribution < 1.29 is 28.7 Å². The molecule has 0 saturated heterocycles. The molecule has 0 amide bonds. The van der Waals surface area contributed by atoms with Gasteiger partial charge < -0.3 is 19.6 Å². The van der Waals surface area contributed by atoms with Crippen molar-refractivity contribution in [2.24, 2.45) is 23.7 Å². The van der Waals surface area contributed by atoms with Crippen molar-refractivity contribution in [2.75, 3.05) is 7.05 Å². The Morgan fingerprint density at radius 1 is 0.667 bits per heavy atom. The largest absolute Gasteiger partial charge is 0.358 e. The standard InChI is InChI=1S/C15H35NO6P2/c1-10(2)14(11(3)4,12(5)6)16(9)15(13(7)8,23(17,18)19)24(20,21)22/h10-13H,1-9H3,(H2,17,18,19)(H2,20,21,22). The summed E-state index contributed by atoms with van der Waals surface area (Å²) in [5, 5.41) is -2.57. The Kier molecular flexibility index (Phi) is 7.56. The minimum Gasteiger partial charge on any atom is -0.323 e. The third-order valence-electron chi connectivity index (χ3n) is 5.48. The summed E-state index contributed by atoms with van der Waals surface area (Å²) in [6, 6.07) is 0. The maximum Gasteiger partial charge on any atom is 0.358 e. The van der Waals surface area contributed by atoms with Gasteiger partial charge in [0.05, 0.1) is 0 Å². The van der Waals surface area contributed by atoms with Crippen LogP contribution in [0.2, 0.25) is 0 Å². The molecule has 0 spiro atoms. The van der Waals surface area contributed by atoms with Gasteiger partial charge >= 0.3 is 15.2 Å². The highest BCUT2D eigenvalue weighted by atomic mass is 31.2. The molecule has 0 aromatic rings. The molecule has 9 heteroatoms. The lowest BCUT2D eigenvalue weighted by Crippen LogP contribution is -2.67. The second-order valence-electron chi connectivity index (χ2n) is 7.84. The molecule has 7 nitrogen and oxygen atoms in total. The molecule has 0 aromatic carbocycles. The first-order valence-electron chi connectivity index (χ1n) is 8.28. The van der Waals surface area contributed by atoms with E-state index in [2.05, 4.69) is 0 Å². The summed E-state index contributed by atoms with van der Waals surface area (Å²) in [7, 11) is -8.94. The highest BCUT2D eigenvalue weighted by molar-refractivity contribution is 7.72. The number of hydrogen-bond donors (Lipinski definition) is 4. The molecule has 0 aromatic heterocycles. The van der Waals surface area contributed by atoms with Crippen LogP contribution >= 0.6 is 15.2 Å².